The van der Waals surface area contributed by atoms with Crippen molar-refractivity contribution in [3.8, 4) is 5.75 Å². The number of nitrogens with one attached hydrogen (secondary N) is 1. The third-order valence-electron chi connectivity index (χ3n) is 10.7. The Balaban J connectivity index is 1.73. The van der Waals surface area contributed by atoms with Gasteiger partial charge in [-0.3, -0.25) is 14.9 Å². The summed E-state index contributed by atoms with van der Waals surface area (Å²) in [5, 5.41) is 14.8. The molecule has 53 heavy (non-hydrogen) atoms. The summed E-state index contributed by atoms with van der Waals surface area (Å²) in [7, 11) is 6.06. The highest BCUT2D eigenvalue weighted by Crippen LogP contribution is 2.49. The lowest BCUT2D eigenvalue weighted by Gasteiger charge is -2.42. The van der Waals surface area contributed by atoms with Gasteiger partial charge in [0, 0.05) is 45.2 Å². The van der Waals surface area contributed by atoms with Gasteiger partial charge in [-0.2, -0.15) is 11.8 Å². The maximum absolute atomic E-state index is 14.1. The van der Waals surface area contributed by atoms with E-state index >= 15 is 0 Å². The molecule has 13 nitrogen and oxygen atoms in total. The predicted octanol–water partition coefficient (Wildman–Crippen LogP) is 5.05. The summed E-state index contributed by atoms with van der Waals surface area (Å²) >= 11 is 8.42. The summed E-state index contributed by atoms with van der Waals surface area (Å²) in [6.07, 6.45) is 3.91. The number of ether oxygens (including phenoxy) is 5. The van der Waals surface area contributed by atoms with Gasteiger partial charge in [-0.25, -0.2) is 9.59 Å². The van der Waals surface area contributed by atoms with Crippen LogP contribution in [0.2, 0.25) is 5.02 Å². The number of nitrogens with zero attached hydrogens (tertiary/aromatic N) is 2. The first kappa shape index (κ1) is 42.4. The number of epoxide rings is 1. The molecule has 9 atom stereocenters. The Hall–Kier alpha value is -3.30. The second kappa shape index (κ2) is 17.4. The molecule has 1 aromatic carbocycles. The lowest BCUT2D eigenvalue weighted by molar-refractivity contribution is -0.162. The largest absolute Gasteiger partial charge is 0.495 e. The molecule has 294 valence electrons. The van der Waals surface area contributed by atoms with Gasteiger partial charge >= 0.3 is 12.1 Å². The number of carbonyl (C=O) groups excluding carboxylic acids is 4. The average Bonchev–Trinajstić information content (AvgIpc) is 3.82. The number of thioether (sulfide) groups is 1. The summed E-state index contributed by atoms with van der Waals surface area (Å²) in [6.45, 7) is 9.08. The Morgan fingerprint density at radius 2 is 1.94 bits per heavy atom. The maximum Gasteiger partial charge on any atom is 0.409 e. The first-order valence-corrected chi connectivity index (χ1v) is 19.4. The van der Waals surface area contributed by atoms with Crippen LogP contribution in [0.4, 0.5) is 10.5 Å². The maximum atomic E-state index is 14.1. The molecule has 0 saturated carbocycles. The predicted molar refractivity (Wildman–Crippen MR) is 203 cm³/mol. The number of benzene rings is 1. The van der Waals surface area contributed by atoms with E-state index in [0.29, 0.717) is 24.3 Å². The monoisotopic (exact) mass is 779 g/mol. The van der Waals surface area contributed by atoms with Crippen LogP contribution < -0.4 is 15.0 Å². The van der Waals surface area contributed by atoms with Gasteiger partial charge in [0.2, 0.25) is 11.8 Å². The van der Waals surface area contributed by atoms with Crippen LogP contribution in [0, 0.1) is 5.92 Å². The van der Waals surface area contributed by atoms with Crippen molar-refractivity contribution in [3.05, 3.63) is 46.5 Å². The van der Waals surface area contributed by atoms with Gasteiger partial charge in [0.25, 0.3) is 0 Å². The van der Waals surface area contributed by atoms with E-state index < -0.39 is 65.7 Å². The fraction of sp³-hybridized carbons (Fsp3) is 0.632. The van der Waals surface area contributed by atoms with Crippen LogP contribution in [0.25, 0.3) is 0 Å². The number of likely N-dealkylation sites (N-methyl/N-ethyl adjacent to an activating group) is 1. The molecule has 3 heterocycles. The lowest BCUT2D eigenvalue weighted by Crippen LogP contribution is -2.63. The molecular weight excluding hydrogens is 726 g/mol. The molecule has 2 N–H and O–H groups in total. The highest BCUT2D eigenvalue weighted by Gasteiger charge is 2.64. The number of hydrogen-bond donors (Lipinski definition) is 2. The number of amides is 3. The molecule has 2 saturated heterocycles. The van der Waals surface area contributed by atoms with Crippen LogP contribution in [-0.2, 0) is 39.8 Å². The van der Waals surface area contributed by atoms with Gasteiger partial charge in [-0.1, -0.05) is 49.2 Å². The molecule has 4 rings (SSSR count). The number of esters is 1. The summed E-state index contributed by atoms with van der Waals surface area (Å²) in [4.78, 5) is 56.5. The van der Waals surface area contributed by atoms with E-state index in [4.69, 9.17) is 35.3 Å². The van der Waals surface area contributed by atoms with Crippen molar-refractivity contribution < 1.29 is 48.0 Å². The fourth-order valence-corrected chi connectivity index (χ4v) is 7.51. The Morgan fingerprint density at radius 3 is 2.58 bits per heavy atom. The lowest BCUT2D eigenvalue weighted by atomic mass is 9.83. The minimum absolute atomic E-state index is 0.0449. The van der Waals surface area contributed by atoms with Gasteiger partial charge in [0.05, 0.1) is 25.3 Å². The van der Waals surface area contributed by atoms with E-state index in [1.165, 1.54) is 24.0 Å². The van der Waals surface area contributed by atoms with Crippen LogP contribution in [0.5, 0.6) is 5.75 Å². The molecule has 1 aromatic rings. The first-order valence-electron chi connectivity index (χ1n) is 17.8. The van der Waals surface area contributed by atoms with Crippen molar-refractivity contribution >= 4 is 52.9 Å². The number of aliphatic hydroxyl groups is 1. The molecule has 0 radical (unpaired) electrons. The van der Waals surface area contributed by atoms with Crippen molar-refractivity contribution in [2.24, 2.45) is 5.92 Å². The van der Waals surface area contributed by atoms with E-state index in [-0.39, 0.29) is 35.4 Å². The highest BCUT2D eigenvalue weighted by atomic mass is 35.5. The average molecular weight is 780 g/mol. The molecule has 4 bridgehead atoms. The number of rotatable bonds is 9. The summed E-state index contributed by atoms with van der Waals surface area (Å²) < 4.78 is 29.2. The number of methoxy groups -OCH3 is 2. The number of carbonyl (C=O) groups is 4. The van der Waals surface area contributed by atoms with E-state index in [0.717, 1.165) is 11.1 Å². The van der Waals surface area contributed by atoms with Crippen molar-refractivity contribution in [2.75, 3.05) is 39.5 Å². The second-order valence-electron chi connectivity index (χ2n) is 14.5. The quantitative estimate of drug-likeness (QED) is 0.256. The molecule has 0 spiro atoms. The number of hydrogen-bond acceptors (Lipinski definition) is 11. The van der Waals surface area contributed by atoms with Crippen LogP contribution in [0.1, 0.15) is 65.9 Å². The molecule has 3 amide bonds. The third kappa shape index (κ3) is 9.69. The number of anilines is 1. The molecule has 3 aliphatic rings. The normalized spacial score (nSPS) is 31.8. The van der Waals surface area contributed by atoms with Crippen molar-refractivity contribution in [1.82, 2.24) is 10.2 Å². The first-order chi connectivity index (χ1) is 24.9. The smallest absolute Gasteiger partial charge is 0.409 e. The topological polar surface area (TPSA) is 156 Å². The Kier molecular flexibility index (Phi) is 14.0. The molecule has 0 aromatic heterocycles. The van der Waals surface area contributed by atoms with Crippen LogP contribution in [-0.4, -0.2) is 115 Å². The summed E-state index contributed by atoms with van der Waals surface area (Å²) in [5.41, 5.74) is -0.883. The van der Waals surface area contributed by atoms with E-state index in [9.17, 15) is 24.3 Å². The zero-order valence-electron chi connectivity index (χ0n) is 32.3. The second-order valence-corrected chi connectivity index (χ2v) is 16.1. The zero-order valence-corrected chi connectivity index (χ0v) is 33.8. The zero-order chi connectivity index (χ0) is 39.4. The van der Waals surface area contributed by atoms with E-state index in [1.54, 1.807) is 70.9 Å². The molecule has 1 unspecified atom stereocenters. The SMILES string of the molecule is COc1cc2cc(c1Cl)N(C)C(=O)C[C@H](OC(=O)[C@H](C)N(C)C(=O)CCC(C)SC)[C@]1(C)O[C@H]1[C@H](C)[C@@H]1C[C@@](O)(NC(=O)O1)[C@H](OC)/C=C/C=C(\C)C2. The Morgan fingerprint density at radius 1 is 1.25 bits per heavy atom. The molecule has 15 heteroatoms. The fourth-order valence-electron chi connectivity index (χ4n) is 6.84. The summed E-state index contributed by atoms with van der Waals surface area (Å²) in [6, 6.07) is 2.64. The number of alkyl carbamates (subject to hydrolysis) is 1. The van der Waals surface area contributed by atoms with Crippen molar-refractivity contribution in [2.45, 2.75) is 114 Å². The molecule has 0 aliphatic carbocycles. The van der Waals surface area contributed by atoms with Crippen LogP contribution in [0.3, 0.4) is 0 Å². The Bertz CT molecular complexity index is 1610. The minimum Gasteiger partial charge on any atom is -0.495 e. The van der Waals surface area contributed by atoms with Crippen molar-refractivity contribution in [1.29, 1.82) is 0 Å². The van der Waals surface area contributed by atoms with Gasteiger partial charge < -0.3 is 38.6 Å². The molecule has 2 fully saturated rings. The van der Waals surface area contributed by atoms with Gasteiger partial charge in [0.1, 0.15) is 40.7 Å². The molecule has 3 aliphatic heterocycles. The third-order valence-corrected chi connectivity index (χ3v) is 12.1. The van der Waals surface area contributed by atoms with Crippen molar-refractivity contribution in [3.63, 3.8) is 0 Å². The van der Waals surface area contributed by atoms with E-state index in [1.807, 2.05) is 26.2 Å². The summed E-state index contributed by atoms with van der Waals surface area (Å²) in [5.74, 6) is -1.48. The number of halogens is 1. The number of allylic oxidation sites excluding steroid dienone is 3. The van der Waals surface area contributed by atoms with Crippen LogP contribution in [0.15, 0.2) is 35.9 Å². The van der Waals surface area contributed by atoms with Crippen LogP contribution >= 0.6 is 23.4 Å². The minimum atomic E-state index is -1.82. The Labute approximate surface area is 321 Å². The van der Waals surface area contributed by atoms with Gasteiger partial charge in [-0.05, 0) is 57.6 Å². The van der Waals surface area contributed by atoms with Gasteiger partial charge in [-0.15, -0.1) is 0 Å². The number of fused-ring (bicyclic) bond motifs is 5. The van der Waals surface area contributed by atoms with E-state index in [2.05, 4.69) is 5.32 Å². The van der Waals surface area contributed by atoms with Gasteiger partial charge in [0.15, 0.2) is 5.72 Å². The molecular formula is C38H54ClN3O10S. The highest BCUT2D eigenvalue weighted by molar-refractivity contribution is 7.99. The standard InChI is InChI=1S/C38H54ClN3O10S/c1-21-12-11-13-29(49-9)38(47)20-28(50-36(46)40-38)23(3)34-37(5,52-34)30(51-35(45)24(4)41(6)31(43)15-14-22(2)53-10)19-32(44)42(7)26-17-25(16-21)18-27(48-8)33(26)39/h11-13,17-18,22-24,28-30,34,47H,14-16,19-20H2,1-10H3,(H,40,46)/b13-11+,21-12+/t22?,23-,24+,28+,29-,30+,34+,37+,38+/m1/s1.